The molecule has 2 amide bonds. The summed E-state index contributed by atoms with van der Waals surface area (Å²) >= 11 is 5.61. The van der Waals surface area contributed by atoms with Gasteiger partial charge in [0.25, 0.3) is 0 Å². The number of carboxylic acids is 2. The molecule has 0 saturated heterocycles. The quantitative estimate of drug-likeness (QED) is 0.128. The summed E-state index contributed by atoms with van der Waals surface area (Å²) in [4.78, 5) is 46.5. The maximum absolute atomic E-state index is 13.5. The van der Waals surface area contributed by atoms with Crippen LogP contribution in [0.15, 0.2) is 47.5 Å². The monoisotopic (exact) mass is 631 g/mol. The second-order valence-electron chi connectivity index (χ2n) is 8.07. The molecule has 230 valence electrons. The number of carbonyl (C=O) groups is 4. The molecule has 42 heavy (non-hydrogen) atoms. The molecule has 2 atom stereocenters. The van der Waals surface area contributed by atoms with E-state index in [1.165, 1.54) is 12.1 Å². The molecule has 3 rings (SSSR count). The van der Waals surface area contributed by atoms with E-state index in [0.29, 0.717) is 13.0 Å². The molecule has 11 nitrogen and oxygen atoms in total. The van der Waals surface area contributed by atoms with E-state index in [4.69, 9.17) is 42.9 Å². The average Bonchev–Trinajstić information content (AvgIpc) is 3.21. The Morgan fingerprint density at radius 1 is 0.929 bits per heavy atom. The van der Waals surface area contributed by atoms with Gasteiger partial charge in [-0.15, -0.1) is 0 Å². The highest BCUT2D eigenvalue weighted by Gasteiger charge is 2.39. The van der Waals surface area contributed by atoms with Crippen LogP contribution in [0, 0.1) is 11.7 Å². The van der Waals surface area contributed by atoms with E-state index in [1.54, 1.807) is 0 Å². The Morgan fingerprint density at radius 2 is 1.45 bits per heavy atom. The van der Waals surface area contributed by atoms with Gasteiger partial charge in [-0.05, 0) is 35.7 Å². The van der Waals surface area contributed by atoms with E-state index in [1.807, 2.05) is 24.3 Å². The minimum Gasteiger partial charge on any atom is -0.475 e. The Morgan fingerprint density at radius 3 is 1.93 bits per heavy atom. The highest BCUT2D eigenvalue weighted by atomic mass is 35.5. The van der Waals surface area contributed by atoms with Gasteiger partial charge >= 0.3 is 36.1 Å². The second kappa shape index (κ2) is 14.9. The Labute approximate surface area is 236 Å². The zero-order chi connectivity index (χ0) is 32.4. The number of amides is 2. The lowest BCUT2D eigenvalue weighted by molar-refractivity contribution is -0.193. The first-order valence-electron chi connectivity index (χ1n) is 11.0. The van der Waals surface area contributed by atoms with Crippen molar-refractivity contribution < 1.29 is 60.1 Å². The molecule has 0 bridgehead atoms. The van der Waals surface area contributed by atoms with Crippen molar-refractivity contribution in [3.8, 4) is 0 Å². The Hall–Kier alpha value is -4.61. The summed E-state index contributed by atoms with van der Waals surface area (Å²) in [6, 6.07) is 10.9. The van der Waals surface area contributed by atoms with Crippen LogP contribution in [0.25, 0.3) is 0 Å². The minimum atomic E-state index is -5.08. The summed E-state index contributed by atoms with van der Waals surface area (Å²) < 4.78 is 77.0. The molecule has 0 aromatic heterocycles. The molecule has 1 aliphatic rings. The van der Waals surface area contributed by atoms with Crippen LogP contribution in [0.5, 0.6) is 0 Å². The van der Waals surface area contributed by atoms with Crippen LogP contribution in [0.1, 0.15) is 17.2 Å². The van der Waals surface area contributed by atoms with Gasteiger partial charge in [-0.25, -0.2) is 14.0 Å². The third kappa shape index (κ3) is 11.5. The first-order valence-corrected chi connectivity index (χ1v) is 11.4. The van der Waals surface area contributed by atoms with E-state index in [-0.39, 0.29) is 22.6 Å². The maximum Gasteiger partial charge on any atom is 0.490 e. The number of nitrogens with zero attached hydrogens (tertiary/aromatic N) is 1. The molecule has 0 spiro atoms. The van der Waals surface area contributed by atoms with E-state index in [0.717, 1.165) is 17.2 Å². The van der Waals surface area contributed by atoms with Crippen LogP contribution in [0.2, 0.25) is 5.02 Å². The molecular weight excluding hydrogens is 611 g/mol. The van der Waals surface area contributed by atoms with Gasteiger partial charge in [0.05, 0.1) is 11.1 Å². The van der Waals surface area contributed by atoms with Crippen molar-refractivity contribution in [2.75, 3.05) is 11.9 Å². The Kier molecular flexibility index (Phi) is 12.5. The normalized spacial score (nSPS) is 15.4. The number of carboxylic acid groups (broad SMARTS) is 2. The van der Waals surface area contributed by atoms with E-state index in [2.05, 4.69) is 15.6 Å². The number of halogens is 8. The number of nitrogens with one attached hydrogen (secondary N) is 2. The number of rotatable bonds is 4. The number of carbonyl (C=O) groups excluding carboxylic acids is 2. The smallest absolute Gasteiger partial charge is 0.475 e. The number of guanidine groups is 1. The summed E-state index contributed by atoms with van der Waals surface area (Å²) in [5, 5.41) is 19.3. The van der Waals surface area contributed by atoms with E-state index >= 15 is 0 Å². The molecular formula is C23H21ClF7N5O6. The highest BCUT2D eigenvalue weighted by molar-refractivity contribution is 6.39. The second-order valence-corrected chi connectivity index (χ2v) is 8.48. The van der Waals surface area contributed by atoms with Crippen LogP contribution < -0.4 is 22.1 Å². The van der Waals surface area contributed by atoms with Crippen molar-refractivity contribution >= 4 is 47.0 Å². The number of aliphatic imine (C=N–C) groups is 1. The van der Waals surface area contributed by atoms with Gasteiger partial charge in [-0.1, -0.05) is 35.9 Å². The summed E-state index contributed by atoms with van der Waals surface area (Å²) in [5.41, 5.74) is 12.9. The molecule has 2 aromatic rings. The zero-order valence-electron chi connectivity index (χ0n) is 20.8. The van der Waals surface area contributed by atoms with Crippen molar-refractivity contribution in [3.63, 3.8) is 0 Å². The summed E-state index contributed by atoms with van der Waals surface area (Å²) in [7, 11) is 0. The molecule has 0 aliphatic heterocycles. The average molecular weight is 632 g/mol. The summed E-state index contributed by atoms with van der Waals surface area (Å²) in [6.45, 7) is 0.311. The summed E-state index contributed by atoms with van der Waals surface area (Å²) in [5.74, 6) is -8.09. The Bertz CT molecular complexity index is 1310. The third-order valence-electron chi connectivity index (χ3n) is 5.01. The van der Waals surface area contributed by atoms with Crippen LogP contribution in [0.3, 0.4) is 0 Å². The predicted octanol–water partition coefficient (Wildman–Crippen LogP) is 2.99. The Balaban J connectivity index is 0.000000522. The van der Waals surface area contributed by atoms with Crippen LogP contribution in [-0.4, -0.2) is 58.8 Å². The molecule has 1 aliphatic carbocycles. The number of nitrogens with two attached hydrogens (primary N) is 2. The topological polar surface area (TPSA) is 197 Å². The highest BCUT2D eigenvalue weighted by Crippen LogP contribution is 2.36. The lowest BCUT2D eigenvalue weighted by Gasteiger charge is -2.20. The molecule has 0 unspecified atom stereocenters. The van der Waals surface area contributed by atoms with Crippen molar-refractivity contribution in [3.05, 3.63) is 64.4 Å². The SMILES string of the molecule is NC(N)=NC[C@H]1Cc2ccccc2[C@@H]1NC(=O)C(=O)Nc1ccc(Cl)c(F)c1.O=C(O)C(F)(F)F.O=C(O)C(F)(F)F. The molecule has 0 fully saturated rings. The largest absolute Gasteiger partial charge is 0.490 e. The van der Waals surface area contributed by atoms with Gasteiger partial charge in [-0.3, -0.25) is 14.6 Å². The van der Waals surface area contributed by atoms with Crippen molar-refractivity contribution in [1.82, 2.24) is 5.32 Å². The standard InChI is InChI=1S/C19H19ClFN5O2.2C2HF3O2/c20-14-6-5-12(8-15(14)21)25-17(27)18(28)26-16-11(9-24-19(22)23)7-10-3-1-2-4-13(10)16;2*3-2(4,5)1(6)7/h1-6,8,11,16H,7,9H2,(H,25,27)(H,26,28)(H4,22,23,24);2*(H,6,7)/t11-,16-;;/m1../s1. The predicted molar refractivity (Wildman–Crippen MR) is 133 cm³/mol. The zero-order valence-corrected chi connectivity index (χ0v) is 21.5. The van der Waals surface area contributed by atoms with Crippen LogP contribution in [-0.2, 0) is 25.6 Å². The van der Waals surface area contributed by atoms with E-state index in [9.17, 15) is 40.3 Å². The van der Waals surface area contributed by atoms with Crippen molar-refractivity contribution in [2.45, 2.75) is 24.8 Å². The van der Waals surface area contributed by atoms with Gasteiger partial charge in [0, 0.05) is 18.2 Å². The fourth-order valence-corrected chi connectivity index (χ4v) is 3.35. The maximum atomic E-state index is 13.5. The number of anilines is 1. The lowest BCUT2D eigenvalue weighted by Crippen LogP contribution is -2.40. The first kappa shape index (κ1) is 35.4. The fraction of sp³-hybridized carbons (Fsp3) is 0.261. The molecule has 2 aromatic carbocycles. The van der Waals surface area contributed by atoms with Crippen LogP contribution in [0.4, 0.5) is 36.4 Å². The van der Waals surface area contributed by atoms with E-state index < -0.39 is 48.0 Å². The van der Waals surface area contributed by atoms with Gasteiger partial charge in [0.2, 0.25) is 0 Å². The lowest BCUT2D eigenvalue weighted by atomic mass is 10.0. The molecule has 8 N–H and O–H groups in total. The van der Waals surface area contributed by atoms with Crippen molar-refractivity contribution in [2.24, 2.45) is 22.4 Å². The third-order valence-corrected chi connectivity index (χ3v) is 5.31. The number of alkyl halides is 6. The number of hydrogen-bond donors (Lipinski definition) is 6. The minimum absolute atomic E-state index is 0.0384. The molecule has 0 radical (unpaired) electrons. The van der Waals surface area contributed by atoms with Gasteiger partial charge in [-0.2, -0.15) is 26.3 Å². The number of fused-ring (bicyclic) bond motifs is 1. The van der Waals surface area contributed by atoms with Crippen LogP contribution >= 0.6 is 11.6 Å². The van der Waals surface area contributed by atoms with Gasteiger partial charge < -0.3 is 32.3 Å². The number of aliphatic carboxylic acids is 2. The molecule has 0 heterocycles. The number of hydrogen-bond acceptors (Lipinski definition) is 5. The first-order chi connectivity index (χ1) is 19.2. The summed E-state index contributed by atoms with van der Waals surface area (Å²) in [6.07, 6.45) is -9.50. The molecule has 19 heteroatoms. The van der Waals surface area contributed by atoms with Gasteiger partial charge in [0.1, 0.15) is 5.82 Å². The molecule has 0 saturated carbocycles. The van der Waals surface area contributed by atoms with Gasteiger partial charge in [0.15, 0.2) is 5.96 Å². The fourth-order valence-electron chi connectivity index (χ4n) is 3.23. The van der Waals surface area contributed by atoms with Crippen molar-refractivity contribution in [1.29, 1.82) is 0 Å². The number of benzene rings is 2.